The van der Waals surface area contributed by atoms with E-state index in [0.29, 0.717) is 12.5 Å². The van der Waals surface area contributed by atoms with E-state index in [0.717, 1.165) is 50.4 Å². The summed E-state index contributed by atoms with van der Waals surface area (Å²) in [7, 11) is 6.07. The van der Waals surface area contributed by atoms with E-state index in [1.54, 1.807) is 0 Å². The van der Waals surface area contributed by atoms with Gasteiger partial charge in [-0.3, -0.25) is 14.5 Å². The Morgan fingerprint density at radius 1 is 1.30 bits per heavy atom. The van der Waals surface area contributed by atoms with Crippen LogP contribution in [0.5, 0.6) is 0 Å². The van der Waals surface area contributed by atoms with Crippen molar-refractivity contribution in [2.75, 3.05) is 40.3 Å². The molecule has 8 nitrogen and oxygen atoms in total. The number of likely N-dealkylation sites (tertiary alicyclic amines) is 1. The standard InChI is InChI=1S/C22H39N7O/c1-5-23-22(24-14-20(27(2)3)18-13-25-28(4)15-18)26-19-11-12-29(16-19)21(30)17-9-7-6-8-10-17/h13,15,17,19-20H,5-12,14,16H2,1-4H3,(H2,23,24,26). The molecule has 0 bridgehead atoms. The summed E-state index contributed by atoms with van der Waals surface area (Å²) in [6, 6.07) is 0.425. The first kappa shape index (κ1) is 22.6. The van der Waals surface area contributed by atoms with Crippen molar-refractivity contribution >= 4 is 11.9 Å². The van der Waals surface area contributed by atoms with E-state index in [9.17, 15) is 4.79 Å². The summed E-state index contributed by atoms with van der Waals surface area (Å²) in [6.07, 6.45) is 10.8. The lowest BCUT2D eigenvalue weighted by atomic mass is 9.88. The second-order valence-electron chi connectivity index (χ2n) is 8.90. The molecule has 30 heavy (non-hydrogen) atoms. The lowest BCUT2D eigenvalue weighted by Crippen LogP contribution is -2.46. The highest BCUT2D eigenvalue weighted by Gasteiger charge is 2.31. The van der Waals surface area contributed by atoms with Crippen LogP contribution < -0.4 is 10.6 Å². The molecule has 3 rings (SSSR count). The number of aromatic nitrogens is 2. The van der Waals surface area contributed by atoms with E-state index < -0.39 is 0 Å². The van der Waals surface area contributed by atoms with E-state index in [-0.39, 0.29) is 18.0 Å². The molecule has 2 atom stereocenters. The number of carbonyl (C=O) groups excluding carboxylic acids is 1. The van der Waals surface area contributed by atoms with Gasteiger partial charge in [0.15, 0.2) is 5.96 Å². The predicted octanol–water partition coefficient (Wildman–Crippen LogP) is 1.76. The lowest BCUT2D eigenvalue weighted by Gasteiger charge is -2.26. The van der Waals surface area contributed by atoms with Crippen molar-refractivity contribution in [2.24, 2.45) is 18.0 Å². The number of rotatable bonds is 7. The second kappa shape index (κ2) is 10.8. The monoisotopic (exact) mass is 417 g/mol. The van der Waals surface area contributed by atoms with Gasteiger partial charge in [0, 0.05) is 50.4 Å². The molecule has 1 aromatic heterocycles. The Balaban J connectivity index is 1.57. The Labute approximate surface area is 181 Å². The Morgan fingerprint density at radius 2 is 2.07 bits per heavy atom. The summed E-state index contributed by atoms with van der Waals surface area (Å²) in [6.45, 7) is 5.16. The van der Waals surface area contributed by atoms with Crippen molar-refractivity contribution in [2.45, 2.75) is 57.5 Å². The molecule has 1 aliphatic carbocycles. The molecular formula is C22H39N7O. The quantitative estimate of drug-likeness (QED) is 0.522. The van der Waals surface area contributed by atoms with Gasteiger partial charge in [0.25, 0.3) is 0 Å². The molecule has 2 unspecified atom stereocenters. The van der Waals surface area contributed by atoms with Gasteiger partial charge in [0.1, 0.15) is 0 Å². The Hall–Kier alpha value is -2.09. The normalized spacial score (nSPS) is 21.8. The van der Waals surface area contributed by atoms with Gasteiger partial charge in [-0.05, 0) is 40.3 Å². The molecular weight excluding hydrogens is 378 g/mol. The van der Waals surface area contributed by atoms with Crippen molar-refractivity contribution in [3.05, 3.63) is 18.0 Å². The Kier molecular flexibility index (Phi) is 8.13. The fraction of sp³-hybridized carbons (Fsp3) is 0.773. The third-order valence-electron chi connectivity index (χ3n) is 6.29. The Bertz CT molecular complexity index is 708. The van der Waals surface area contributed by atoms with E-state index in [4.69, 9.17) is 4.99 Å². The summed E-state index contributed by atoms with van der Waals surface area (Å²) in [5.74, 6) is 1.44. The number of guanidine groups is 1. The van der Waals surface area contributed by atoms with Gasteiger partial charge in [-0.1, -0.05) is 19.3 Å². The van der Waals surface area contributed by atoms with Crippen LogP contribution in [0.15, 0.2) is 17.4 Å². The van der Waals surface area contributed by atoms with Crippen molar-refractivity contribution < 1.29 is 4.79 Å². The van der Waals surface area contributed by atoms with Crippen molar-refractivity contribution in [3.63, 3.8) is 0 Å². The smallest absolute Gasteiger partial charge is 0.225 e. The molecule has 2 heterocycles. The van der Waals surface area contributed by atoms with E-state index in [2.05, 4.69) is 46.6 Å². The molecule has 2 aliphatic rings. The largest absolute Gasteiger partial charge is 0.357 e. The maximum absolute atomic E-state index is 12.8. The topological polar surface area (TPSA) is 77.8 Å². The first-order valence-corrected chi connectivity index (χ1v) is 11.5. The first-order chi connectivity index (χ1) is 14.5. The highest BCUT2D eigenvalue weighted by Crippen LogP contribution is 2.26. The van der Waals surface area contributed by atoms with Crippen LogP contribution in [0.25, 0.3) is 0 Å². The third kappa shape index (κ3) is 5.97. The first-order valence-electron chi connectivity index (χ1n) is 11.5. The molecule has 2 N–H and O–H groups in total. The molecule has 2 fully saturated rings. The van der Waals surface area contributed by atoms with Gasteiger partial charge < -0.3 is 20.4 Å². The number of aryl methyl sites for hydroxylation is 1. The molecule has 168 valence electrons. The van der Waals surface area contributed by atoms with Crippen LogP contribution in [0, 0.1) is 5.92 Å². The zero-order valence-electron chi connectivity index (χ0n) is 19.1. The number of aliphatic imine (C=N–C) groups is 1. The van der Waals surface area contributed by atoms with Crippen LogP contribution >= 0.6 is 0 Å². The summed E-state index contributed by atoms with van der Waals surface area (Å²) in [4.78, 5) is 21.9. The van der Waals surface area contributed by atoms with Gasteiger partial charge >= 0.3 is 0 Å². The number of likely N-dealkylation sites (N-methyl/N-ethyl adjacent to an activating group) is 1. The maximum atomic E-state index is 12.8. The molecule has 1 amide bonds. The lowest BCUT2D eigenvalue weighted by molar-refractivity contribution is -0.135. The van der Waals surface area contributed by atoms with Crippen LogP contribution in [0.1, 0.15) is 57.1 Å². The Morgan fingerprint density at radius 3 is 2.70 bits per heavy atom. The minimum absolute atomic E-state index is 0.169. The summed E-state index contributed by atoms with van der Waals surface area (Å²) in [5, 5.41) is 11.2. The zero-order valence-corrected chi connectivity index (χ0v) is 19.1. The average molecular weight is 418 g/mol. The van der Waals surface area contributed by atoms with Gasteiger partial charge in [0.2, 0.25) is 5.91 Å². The number of nitrogens with zero attached hydrogens (tertiary/aromatic N) is 5. The predicted molar refractivity (Wildman–Crippen MR) is 120 cm³/mol. The minimum Gasteiger partial charge on any atom is -0.357 e. The minimum atomic E-state index is 0.169. The van der Waals surface area contributed by atoms with Gasteiger partial charge in [-0.2, -0.15) is 5.10 Å². The van der Waals surface area contributed by atoms with Gasteiger partial charge in [-0.25, -0.2) is 0 Å². The number of carbonyl (C=O) groups is 1. The molecule has 0 spiro atoms. The third-order valence-corrected chi connectivity index (χ3v) is 6.29. The van der Waals surface area contributed by atoms with Gasteiger partial charge in [0.05, 0.1) is 18.8 Å². The van der Waals surface area contributed by atoms with Crippen molar-refractivity contribution in [1.82, 2.24) is 30.2 Å². The average Bonchev–Trinajstić information content (AvgIpc) is 3.37. The second-order valence-corrected chi connectivity index (χ2v) is 8.90. The molecule has 1 aromatic rings. The van der Waals surface area contributed by atoms with Crippen LogP contribution in [-0.4, -0.2) is 77.8 Å². The number of hydrogen-bond donors (Lipinski definition) is 2. The maximum Gasteiger partial charge on any atom is 0.225 e. The van der Waals surface area contributed by atoms with E-state index >= 15 is 0 Å². The fourth-order valence-electron chi connectivity index (χ4n) is 4.56. The van der Waals surface area contributed by atoms with Crippen molar-refractivity contribution in [3.8, 4) is 0 Å². The molecule has 0 aromatic carbocycles. The van der Waals surface area contributed by atoms with Crippen LogP contribution in [0.4, 0.5) is 0 Å². The fourth-order valence-corrected chi connectivity index (χ4v) is 4.56. The van der Waals surface area contributed by atoms with Crippen molar-refractivity contribution in [1.29, 1.82) is 0 Å². The highest BCUT2D eigenvalue weighted by molar-refractivity contribution is 5.81. The number of nitrogens with one attached hydrogen (secondary N) is 2. The van der Waals surface area contributed by atoms with E-state index in [1.165, 1.54) is 19.3 Å². The molecule has 1 saturated carbocycles. The van der Waals surface area contributed by atoms with E-state index in [1.807, 2.05) is 24.1 Å². The van der Waals surface area contributed by atoms with Crippen LogP contribution in [0.3, 0.4) is 0 Å². The summed E-state index contributed by atoms with van der Waals surface area (Å²) in [5.41, 5.74) is 1.16. The molecule has 1 aliphatic heterocycles. The van der Waals surface area contributed by atoms with Crippen LogP contribution in [0.2, 0.25) is 0 Å². The molecule has 0 radical (unpaired) electrons. The van der Waals surface area contributed by atoms with Crippen LogP contribution in [-0.2, 0) is 11.8 Å². The zero-order chi connectivity index (χ0) is 21.5. The number of hydrogen-bond acceptors (Lipinski definition) is 4. The van der Waals surface area contributed by atoms with Gasteiger partial charge in [-0.15, -0.1) is 0 Å². The SMILES string of the molecule is CCNC(=NCC(c1cnn(C)c1)N(C)C)NC1CCN(C(=O)C2CCCCC2)C1. The summed E-state index contributed by atoms with van der Waals surface area (Å²) < 4.78 is 1.83. The molecule has 1 saturated heterocycles. The summed E-state index contributed by atoms with van der Waals surface area (Å²) >= 11 is 0. The highest BCUT2D eigenvalue weighted by atomic mass is 16.2. The molecule has 8 heteroatoms. The number of amides is 1.